The van der Waals surface area contributed by atoms with E-state index in [0.29, 0.717) is 6.54 Å². The Kier molecular flexibility index (Phi) is 10.7. The SMILES string of the molecule is CCc1ccc(CCc2ccccc2OC[C@H](CN(C)C)OC(=O)CCCC(=O)O)cc1. The second-order valence-corrected chi connectivity index (χ2v) is 8.21. The van der Waals surface area contributed by atoms with Crippen molar-refractivity contribution in [2.24, 2.45) is 0 Å². The van der Waals surface area contributed by atoms with Crippen molar-refractivity contribution < 1.29 is 24.2 Å². The minimum atomic E-state index is -0.913. The molecule has 1 N–H and O–H groups in total. The second-order valence-electron chi connectivity index (χ2n) is 8.21. The summed E-state index contributed by atoms with van der Waals surface area (Å²) in [5.74, 6) is -0.516. The summed E-state index contributed by atoms with van der Waals surface area (Å²) in [6.45, 7) is 2.92. The molecule has 0 spiro atoms. The van der Waals surface area contributed by atoms with Crippen LogP contribution in [-0.4, -0.2) is 55.3 Å². The fourth-order valence-corrected chi connectivity index (χ4v) is 3.41. The average molecular weight is 442 g/mol. The van der Waals surface area contributed by atoms with Gasteiger partial charge in [0.25, 0.3) is 0 Å². The highest BCUT2D eigenvalue weighted by atomic mass is 16.6. The summed E-state index contributed by atoms with van der Waals surface area (Å²) < 4.78 is 11.6. The highest BCUT2D eigenvalue weighted by Gasteiger charge is 2.17. The van der Waals surface area contributed by atoms with Gasteiger partial charge < -0.3 is 19.5 Å². The normalized spacial score (nSPS) is 11.9. The van der Waals surface area contributed by atoms with Gasteiger partial charge in [0.15, 0.2) is 0 Å². The quantitative estimate of drug-likeness (QED) is 0.444. The number of nitrogens with zero attached hydrogens (tertiary/aromatic N) is 1. The van der Waals surface area contributed by atoms with Crippen LogP contribution in [0.15, 0.2) is 48.5 Å². The predicted octanol–water partition coefficient (Wildman–Crippen LogP) is 4.14. The topological polar surface area (TPSA) is 76.1 Å². The lowest BCUT2D eigenvalue weighted by Crippen LogP contribution is -2.35. The van der Waals surface area contributed by atoms with E-state index in [1.165, 1.54) is 11.1 Å². The molecule has 0 heterocycles. The lowest BCUT2D eigenvalue weighted by atomic mass is 10.0. The van der Waals surface area contributed by atoms with Gasteiger partial charge in [0.2, 0.25) is 0 Å². The van der Waals surface area contributed by atoms with Crippen LogP contribution in [0.5, 0.6) is 5.75 Å². The third-order valence-corrected chi connectivity index (χ3v) is 5.15. The zero-order valence-electron chi connectivity index (χ0n) is 19.4. The number of aliphatic carboxylic acids is 1. The van der Waals surface area contributed by atoms with Crippen molar-refractivity contribution in [3.05, 3.63) is 65.2 Å². The molecule has 0 saturated carbocycles. The van der Waals surface area contributed by atoms with E-state index in [1.807, 2.05) is 37.2 Å². The van der Waals surface area contributed by atoms with Gasteiger partial charge in [-0.05, 0) is 62.5 Å². The zero-order chi connectivity index (χ0) is 23.3. The number of esters is 1. The number of hydrogen-bond acceptors (Lipinski definition) is 5. The summed E-state index contributed by atoms with van der Waals surface area (Å²) >= 11 is 0. The van der Waals surface area contributed by atoms with Gasteiger partial charge in [-0.1, -0.05) is 49.4 Å². The molecule has 2 rings (SSSR count). The monoisotopic (exact) mass is 441 g/mol. The molecule has 0 aliphatic heterocycles. The molecule has 1 atom stereocenters. The minimum Gasteiger partial charge on any atom is -0.489 e. The Labute approximate surface area is 191 Å². The molecule has 2 aromatic carbocycles. The van der Waals surface area contributed by atoms with Crippen molar-refractivity contribution in [2.45, 2.75) is 51.6 Å². The van der Waals surface area contributed by atoms with Gasteiger partial charge in [-0.25, -0.2) is 0 Å². The smallest absolute Gasteiger partial charge is 0.306 e. The number of carbonyl (C=O) groups is 2. The fourth-order valence-electron chi connectivity index (χ4n) is 3.41. The van der Waals surface area contributed by atoms with E-state index in [1.54, 1.807) is 0 Å². The first-order valence-electron chi connectivity index (χ1n) is 11.2. The Morgan fingerprint density at radius 1 is 0.969 bits per heavy atom. The molecular weight excluding hydrogens is 406 g/mol. The second kappa shape index (κ2) is 13.5. The van der Waals surface area contributed by atoms with Crippen molar-refractivity contribution in [1.82, 2.24) is 4.90 Å². The first-order valence-corrected chi connectivity index (χ1v) is 11.2. The molecule has 0 aliphatic carbocycles. The number of carbonyl (C=O) groups excluding carboxylic acids is 1. The third kappa shape index (κ3) is 9.52. The number of para-hydroxylation sites is 1. The molecule has 0 saturated heterocycles. The Balaban J connectivity index is 1.93. The number of rotatable bonds is 14. The van der Waals surface area contributed by atoms with E-state index in [2.05, 4.69) is 37.3 Å². The van der Waals surface area contributed by atoms with E-state index in [4.69, 9.17) is 14.6 Å². The third-order valence-electron chi connectivity index (χ3n) is 5.15. The average Bonchev–Trinajstić information content (AvgIpc) is 2.76. The number of ether oxygens (including phenoxy) is 2. The molecule has 0 unspecified atom stereocenters. The van der Waals surface area contributed by atoms with Gasteiger partial charge in [0.1, 0.15) is 18.5 Å². The summed E-state index contributed by atoms with van der Waals surface area (Å²) in [5.41, 5.74) is 3.74. The largest absolute Gasteiger partial charge is 0.489 e. The van der Waals surface area contributed by atoms with Crippen LogP contribution in [0.2, 0.25) is 0 Å². The van der Waals surface area contributed by atoms with Crippen LogP contribution in [0.3, 0.4) is 0 Å². The van der Waals surface area contributed by atoms with Crippen LogP contribution >= 0.6 is 0 Å². The maximum Gasteiger partial charge on any atom is 0.306 e. The molecule has 0 amide bonds. The Bertz CT molecular complexity index is 848. The number of likely N-dealkylation sites (N-methyl/N-ethyl adjacent to an activating group) is 1. The predicted molar refractivity (Wildman–Crippen MR) is 125 cm³/mol. The molecule has 32 heavy (non-hydrogen) atoms. The molecule has 2 aromatic rings. The van der Waals surface area contributed by atoms with E-state index in [-0.39, 0.29) is 25.9 Å². The number of hydrogen-bond donors (Lipinski definition) is 1. The minimum absolute atomic E-state index is 0.0432. The highest BCUT2D eigenvalue weighted by molar-refractivity contribution is 5.71. The van der Waals surface area contributed by atoms with Gasteiger partial charge in [0, 0.05) is 19.4 Å². The molecule has 0 aromatic heterocycles. The molecule has 0 aliphatic rings. The Morgan fingerprint density at radius 3 is 2.31 bits per heavy atom. The Hall–Kier alpha value is -2.86. The lowest BCUT2D eigenvalue weighted by molar-refractivity contribution is -0.151. The summed E-state index contributed by atoms with van der Waals surface area (Å²) in [4.78, 5) is 24.7. The number of benzene rings is 2. The van der Waals surface area contributed by atoms with Crippen LogP contribution in [0, 0.1) is 0 Å². The summed E-state index contributed by atoms with van der Waals surface area (Å²) in [6, 6.07) is 16.7. The van der Waals surface area contributed by atoms with Crippen LogP contribution < -0.4 is 4.74 Å². The van der Waals surface area contributed by atoms with Gasteiger partial charge in [-0.3, -0.25) is 9.59 Å². The van der Waals surface area contributed by atoms with Crippen LogP contribution in [0.4, 0.5) is 0 Å². The number of carboxylic acid groups (broad SMARTS) is 1. The summed E-state index contributed by atoms with van der Waals surface area (Å²) in [5, 5.41) is 8.72. The Morgan fingerprint density at radius 2 is 1.66 bits per heavy atom. The summed E-state index contributed by atoms with van der Waals surface area (Å²) in [6.07, 6.45) is 2.69. The molecule has 6 heteroatoms. The molecule has 174 valence electrons. The van der Waals surface area contributed by atoms with Gasteiger partial charge in [0.05, 0.1) is 0 Å². The van der Waals surface area contributed by atoms with E-state index in [9.17, 15) is 9.59 Å². The van der Waals surface area contributed by atoms with Gasteiger partial charge in [-0.15, -0.1) is 0 Å². The van der Waals surface area contributed by atoms with E-state index >= 15 is 0 Å². The van der Waals surface area contributed by atoms with E-state index in [0.717, 1.165) is 30.6 Å². The van der Waals surface area contributed by atoms with Crippen molar-refractivity contribution in [1.29, 1.82) is 0 Å². The maximum atomic E-state index is 12.1. The standard InChI is InChI=1S/C26H35NO5/c1-4-20-12-14-21(15-13-20)16-17-22-8-5-6-9-24(22)31-19-23(18-27(2)3)32-26(30)11-7-10-25(28)29/h5-6,8-9,12-15,23H,4,7,10-11,16-19H2,1-3H3,(H,28,29)/t23-/m0/s1. The van der Waals surface area contributed by atoms with Crippen molar-refractivity contribution in [3.8, 4) is 5.75 Å². The van der Waals surface area contributed by atoms with Crippen molar-refractivity contribution in [3.63, 3.8) is 0 Å². The first-order chi connectivity index (χ1) is 15.4. The fraction of sp³-hybridized carbons (Fsp3) is 0.462. The maximum absolute atomic E-state index is 12.1. The van der Waals surface area contributed by atoms with E-state index < -0.39 is 18.0 Å². The van der Waals surface area contributed by atoms with Crippen LogP contribution in [0.25, 0.3) is 0 Å². The van der Waals surface area contributed by atoms with Gasteiger partial charge in [-0.2, -0.15) is 0 Å². The highest BCUT2D eigenvalue weighted by Crippen LogP contribution is 2.21. The molecule has 0 fully saturated rings. The summed E-state index contributed by atoms with van der Waals surface area (Å²) in [7, 11) is 3.81. The molecule has 6 nitrogen and oxygen atoms in total. The molecule has 0 radical (unpaired) electrons. The number of carboxylic acids is 1. The van der Waals surface area contributed by atoms with Gasteiger partial charge >= 0.3 is 11.9 Å². The number of aryl methyl sites for hydroxylation is 3. The lowest BCUT2D eigenvalue weighted by Gasteiger charge is -2.22. The first kappa shape index (κ1) is 25.4. The van der Waals surface area contributed by atoms with Crippen molar-refractivity contribution in [2.75, 3.05) is 27.2 Å². The molecule has 0 bridgehead atoms. The molecular formula is C26H35NO5. The van der Waals surface area contributed by atoms with Crippen LogP contribution in [0.1, 0.15) is 42.9 Å². The van der Waals surface area contributed by atoms with Crippen molar-refractivity contribution >= 4 is 11.9 Å². The zero-order valence-corrected chi connectivity index (χ0v) is 19.4. The van der Waals surface area contributed by atoms with Crippen LogP contribution in [-0.2, 0) is 33.6 Å².